The molecule has 25 heavy (non-hydrogen) atoms. The molecule has 1 heterocycles. The van der Waals surface area contributed by atoms with Crippen molar-refractivity contribution in [2.24, 2.45) is 5.92 Å². The highest BCUT2D eigenvalue weighted by Crippen LogP contribution is 2.23. The predicted octanol–water partition coefficient (Wildman–Crippen LogP) is 2.90. The Morgan fingerprint density at radius 1 is 1.12 bits per heavy atom. The van der Waals surface area contributed by atoms with Crippen LogP contribution in [0, 0.1) is 5.92 Å². The summed E-state index contributed by atoms with van der Waals surface area (Å²) in [6, 6.07) is 17.7. The van der Waals surface area contributed by atoms with Crippen LogP contribution in [0.3, 0.4) is 0 Å². The largest absolute Gasteiger partial charge is 0.391 e. The fourth-order valence-electron chi connectivity index (χ4n) is 3.41. The zero-order chi connectivity index (χ0) is 17.6. The van der Waals surface area contributed by atoms with E-state index in [0.29, 0.717) is 25.3 Å². The maximum Gasteiger partial charge on any atom is 0.253 e. The number of hydrogen-bond donors (Lipinski definition) is 1. The van der Waals surface area contributed by atoms with Gasteiger partial charge < -0.3 is 14.7 Å². The van der Waals surface area contributed by atoms with E-state index < -0.39 is 6.10 Å². The van der Waals surface area contributed by atoms with Crippen LogP contribution in [-0.2, 0) is 17.8 Å². The molecule has 0 aliphatic carbocycles. The zero-order valence-electron chi connectivity index (χ0n) is 14.6. The average molecular weight is 339 g/mol. The van der Waals surface area contributed by atoms with Crippen molar-refractivity contribution in [3.8, 4) is 0 Å². The third-order valence-electron chi connectivity index (χ3n) is 4.86. The maximum atomic E-state index is 12.7. The first-order chi connectivity index (χ1) is 12.2. The first kappa shape index (κ1) is 17.6. The molecule has 1 amide bonds. The summed E-state index contributed by atoms with van der Waals surface area (Å²) in [5.74, 6) is 0.191. The van der Waals surface area contributed by atoms with Gasteiger partial charge in [0.15, 0.2) is 0 Å². The molecule has 1 aliphatic rings. The monoisotopic (exact) mass is 339 g/mol. The first-order valence-corrected chi connectivity index (χ1v) is 8.76. The molecule has 1 aliphatic heterocycles. The molecule has 0 unspecified atom stereocenters. The molecule has 4 heteroatoms. The zero-order valence-corrected chi connectivity index (χ0v) is 14.6. The molecule has 2 aromatic rings. The molecule has 1 N–H and O–H groups in total. The molecule has 1 fully saturated rings. The number of methoxy groups -OCH3 is 1. The van der Waals surface area contributed by atoms with Gasteiger partial charge in [-0.3, -0.25) is 4.79 Å². The number of piperidine rings is 1. The fraction of sp³-hybridized carbons (Fsp3) is 0.381. The van der Waals surface area contributed by atoms with Crippen LogP contribution < -0.4 is 0 Å². The highest BCUT2D eigenvalue weighted by Gasteiger charge is 2.30. The van der Waals surface area contributed by atoms with Crippen molar-refractivity contribution in [2.45, 2.75) is 25.6 Å². The Kier molecular flexibility index (Phi) is 5.84. The van der Waals surface area contributed by atoms with Crippen molar-refractivity contribution >= 4 is 5.91 Å². The van der Waals surface area contributed by atoms with E-state index >= 15 is 0 Å². The van der Waals surface area contributed by atoms with Crippen molar-refractivity contribution in [1.29, 1.82) is 0 Å². The number of rotatable bonds is 5. The van der Waals surface area contributed by atoms with Gasteiger partial charge in [0.25, 0.3) is 5.91 Å². The van der Waals surface area contributed by atoms with Crippen LogP contribution in [0.5, 0.6) is 0 Å². The summed E-state index contributed by atoms with van der Waals surface area (Å²) in [7, 11) is 1.65. The Morgan fingerprint density at radius 3 is 2.48 bits per heavy atom. The molecular weight excluding hydrogens is 314 g/mol. The normalized spacial score (nSPS) is 20.5. The summed E-state index contributed by atoms with van der Waals surface area (Å²) in [6.45, 7) is 1.63. The van der Waals surface area contributed by atoms with Gasteiger partial charge in [-0.05, 0) is 42.0 Å². The van der Waals surface area contributed by atoms with E-state index in [2.05, 4.69) is 12.1 Å². The molecule has 0 radical (unpaired) electrons. The highest BCUT2D eigenvalue weighted by molar-refractivity contribution is 5.94. The van der Waals surface area contributed by atoms with E-state index in [1.165, 1.54) is 5.56 Å². The maximum absolute atomic E-state index is 12.7. The lowest BCUT2D eigenvalue weighted by Gasteiger charge is -2.36. The lowest BCUT2D eigenvalue weighted by Crippen LogP contribution is -2.47. The summed E-state index contributed by atoms with van der Waals surface area (Å²) in [5.41, 5.74) is 2.94. The number of aliphatic hydroxyl groups is 1. The van der Waals surface area contributed by atoms with Crippen molar-refractivity contribution in [2.75, 3.05) is 20.2 Å². The number of carbonyl (C=O) groups is 1. The van der Waals surface area contributed by atoms with Crippen molar-refractivity contribution in [3.05, 3.63) is 71.3 Å². The Balaban J connectivity index is 1.59. The summed E-state index contributed by atoms with van der Waals surface area (Å²) in [4.78, 5) is 14.4. The highest BCUT2D eigenvalue weighted by atomic mass is 16.5. The molecule has 4 nitrogen and oxygen atoms in total. The minimum absolute atomic E-state index is 0.0128. The summed E-state index contributed by atoms with van der Waals surface area (Å²) < 4.78 is 5.09. The molecule has 0 saturated carbocycles. The van der Waals surface area contributed by atoms with Gasteiger partial charge in [0, 0.05) is 25.8 Å². The Bertz CT molecular complexity index is 684. The molecule has 1 saturated heterocycles. The third-order valence-corrected chi connectivity index (χ3v) is 4.86. The molecule has 2 aromatic carbocycles. The minimum atomic E-state index is -0.481. The van der Waals surface area contributed by atoms with Gasteiger partial charge in [0.2, 0.25) is 0 Å². The second kappa shape index (κ2) is 8.28. The quantitative estimate of drug-likeness (QED) is 0.911. The van der Waals surface area contributed by atoms with Crippen LogP contribution in [0.4, 0.5) is 0 Å². The number of nitrogens with zero attached hydrogens (tertiary/aromatic N) is 1. The van der Waals surface area contributed by atoms with Gasteiger partial charge in [0.1, 0.15) is 0 Å². The van der Waals surface area contributed by atoms with Crippen LogP contribution >= 0.6 is 0 Å². The van der Waals surface area contributed by atoms with E-state index in [-0.39, 0.29) is 11.8 Å². The van der Waals surface area contributed by atoms with Crippen LogP contribution in [-0.4, -0.2) is 42.2 Å². The average Bonchev–Trinajstić information content (AvgIpc) is 2.64. The number of aliphatic hydroxyl groups excluding tert-OH is 1. The molecule has 2 atom stereocenters. The van der Waals surface area contributed by atoms with E-state index in [1.807, 2.05) is 42.5 Å². The third kappa shape index (κ3) is 4.47. The van der Waals surface area contributed by atoms with Crippen molar-refractivity contribution in [3.63, 3.8) is 0 Å². The van der Waals surface area contributed by atoms with Gasteiger partial charge in [0.05, 0.1) is 12.7 Å². The minimum Gasteiger partial charge on any atom is -0.391 e. The van der Waals surface area contributed by atoms with Crippen molar-refractivity contribution in [1.82, 2.24) is 4.90 Å². The van der Waals surface area contributed by atoms with Gasteiger partial charge in [-0.1, -0.05) is 42.5 Å². The Labute approximate surface area is 149 Å². The lowest BCUT2D eigenvalue weighted by atomic mass is 9.87. The smallest absolute Gasteiger partial charge is 0.253 e. The number of amides is 1. The Morgan fingerprint density at radius 2 is 1.84 bits per heavy atom. The van der Waals surface area contributed by atoms with Gasteiger partial charge in [-0.15, -0.1) is 0 Å². The van der Waals surface area contributed by atoms with E-state index in [4.69, 9.17) is 4.74 Å². The van der Waals surface area contributed by atoms with Crippen LogP contribution in [0.1, 0.15) is 27.9 Å². The number of ether oxygens (including phenoxy) is 1. The topological polar surface area (TPSA) is 49.8 Å². The molecular formula is C21H25NO3. The van der Waals surface area contributed by atoms with E-state index in [9.17, 15) is 9.90 Å². The summed E-state index contributed by atoms with van der Waals surface area (Å²) in [6.07, 6.45) is 1.20. The lowest BCUT2D eigenvalue weighted by molar-refractivity contribution is 0.0198. The molecule has 132 valence electrons. The predicted molar refractivity (Wildman–Crippen MR) is 97.3 cm³/mol. The van der Waals surface area contributed by atoms with Crippen LogP contribution in [0.2, 0.25) is 0 Å². The van der Waals surface area contributed by atoms with Gasteiger partial charge in [-0.25, -0.2) is 0 Å². The second-order valence-corrected chi connectivity index (χ2v) is 6.69. The molecule has 0 spiro atoms. The van der Waals surface area contributed by atoms with Crippen molar-refractivity contribution < 1.29 is 14.6 Å². The van der Waals surface area contributed by atoms with Gasteiger partial charge >= 0.3 is 0 Å². The number of β-amino-alcohol motifs (C(OH)–C–C–N with tert-alkyl or cyclic N) is 1. The molecule has 0 bridgehead atoms. The number of likely N-dealkylation sites (tertiary alicyclic amines) is 1. The van der Waals surface area contributed by atoms with E-state index in [1.54, 1.807) is 12.0 Å². The van der Waals surface area contributed by atoms with E-state index in [0.717, 1.165) is 18.4 Å². The first-order valence-electron chi connectivity index (χ1n) is 8.76. The fourth-order valence-corrected chi connectivity index (χ4v) is 3.41. The summed E-state index contributed by atoms with van der Waals surface area (Å²) >= 11 is 0. The van der Waals surface area contributed by atoms with Gasteiger partial charge in [-0.2, -0.15) is 0 Å². The number of carbonyl (C=O) groups excluding carboxylic acids is 1. The SMILES string of the molecule is COCc1ccc(C(=O)N2CC[C@H](Cc3ccccc3)[C@H](O)C2)cc1. The number of hydrogen-bond acceptors (Lipinski definition) is 3. The number of benzene rings is 2. The molecule has 3 rings (SSSR count). The summed E-state index contributed by atoms with van der Waals surface area (Å²) in [5, 5.41) is 10.5. The molecule has 0 aromatic heterocycles. The standard InChI is InChI=1S/C21H25NO3/c1-25-15-17-7-9-18(10-8-17)21(24)22-12-11-19(20(23)14-22)13-16-5-3-2-4-6-16/h2-10,19-20,23H,11-15H2,1H3/t19-,20-/m1/s1. The second-order valence-electron chi connectivity index (χ2n) is 6.69. The van der Waals surface area contributed by atoms with Crippen LogP contribution in [0.15, 0.2) is 54.6 Å². The van der Waals surface area contributed by atoms with Crippen LogP contribution in [0.25, 0.3) is 0 Å². The Hall–Kier alpha value is -2.17.